The third kappa shape index (κ3) is 2.92. The van der Waals surface area contributed by atoms with Gasteiger partial charge in [0.2, 0.25) is 0 Å². The van der Waals surface area contributed by atoms with Gasteiger partial charge < -0.3 is 4.57 Å². The van der Waals surface area contributed by atoms with Gasteiger partial charge in [-0.05, 0) is 32.0 Å². The van der Waals surface area contributed by atoms with Gasteiger partial charge >= 0.3 is 0 Å². The highest BCUT2D eigenvalue weighted by atomic mass is 19.1. The van der Waals surface area contributed by atoms with Crippen molar-refractivity contribution in [2.24, 2.45) is 7.05 Å². The second kappa shape index (κ2) is 6.56. The van der Waals surface area contributed by atoms with Crippen molar-refractivity contribution < 1.29 is 8.78 Å². The molecule has 4 aromatic rings. The fourth-order valence-corrected chi connectivity index (χ4v) is 2.98. The molecule has 0 saturated heterocycles. The molecule has 3 aromatic heterocycles. The molecule has 0 spiro atoms. The van der Waals surface area contributed by atoms with Gasteiger partial charge in [0, 0.05) is 36.1 Å². The average molecular weight is 379 g/mol. The molecule has 0 atom stereocenters. The Balaban J connectivity index is 2.06. The maximum atomic E-state index is 14.5. The predicted octanol–water partition coefficient (Wildman–Crippen LogP) is 3.35. The summed E-state index contributed by atoms with van der Waals surface area (Å²) in [6.07, 6.45) is 3.06. The lowest BCUT2D eigenvalue weighted by Gasteiger charge is -2.14. The zero-order chi connectivity index (χ0) is 20.0. The molecule has 0 saturated carbocycles. The molecular formula is C20H15F2N5O. The van der Waals surface area contributed by atoms with Gasteiger partial charge in [0.15, 0.2) is 11.5 Å². The molecule has 0 aliphatic carbocycles. The summed E-state index contributed by atoms with van der Waals surface area (Å²) in [6, 6.07) is 4.88. The molecule has 0 bridgehead atoms. The van der Waals surface area contributed by atoms with Gasteiger partial charge in [-0.25, -0.2) is 28.7 Å². The second-order valence-electron chi connectivity index (χ2n) is 6.48. The molecule has 0 unspecified atom stereocenters. The Kier molecular flexibility index (Phi) is 4.18. The number of benzene rings is 1. The first-order chi connectivity index (χ1) is 13.3. The third-order valence-electron chi connectivity index (χ3n) is 4.54. The van der Waals surface area contributed by atoms with Crippen LogP contribution in [0.25, 0.3) is 33.7 Å². The zero-order valence-corrected chi connectivity index (χ0v) is 15.4. The lowest BCUT2D eigenvalue weighted by Crippen LogP contribution is -2.22. The van der Waals surface area contributed by atoms with Crippen LogP contribution in [0.1, 0.15) is 11.4 Å². The van der Waals surface area contributed by atoms with E-state index in [4.69, 9.17) is 0 Å². The summed E-state index contributed by atoms with van der Waals surface area (Å²) in [5, 5.41) is 0. The third-order valence-corrected chi connectivity index (χ3v) is 4.54. The smallest absolute Gasteiger partial charge is 0.262 e. The Labute approximate surface area is 158 Å². The molecule has 4 rings (SSSR count). The van der Waals surface area contributed by atoms with E-state index in [-0.39, 0.29) is 22.5 Å². The van der Waals surface area contributed by atoms with Gasteiger partial charge in [-0.3, -0.25) is 4.79 Å². The van der Waals surface area contributed by atoms with Crippen molar-refractivity contribution in [3.8, 4) is 22.5 Å². The van der Waals surface area contributed by atoms with Crippen LogP contribution in [0.15, 0.2) is 41.5 Å². The van der Waals surface area contributed by atoms with Crippen molar-refractivity contribution in [3.05, 3.63) is 70.0 Å². The Hall–Kier alpha value is -3.55. The summed E-state index contributed by atoms with van der Waals surface area (Å²) >= 11 is 0. The number of hydrogen-bond donors (Lipinski definition) is 0. The SMILES string of the molecule is Cc1cnc2cnc(-c3c(-c4ccc(F)cc4F)cc(C)n(C)c3=O)nc2n1. The Morgan fingerprint density at radius 1 is 0.964 bits per heavy atom. The van der Waals surface area contributed by atoms with Crippen LogP contribution in [0.3, 0.4) is 0 Å². The molecule has 0 fully saturated rings. The van der Waals surface area contributed by atoms with E-state index in [1.807, 2.05) is 0 Å². The summed E-state index contributed by atoms with van der Waals surface area (Å²) in [5.74, 6) is -1.37. The van der Waals surface area contributed by atoms with Gasteiger partial charge in [-0.1, -0.05) is 0 Å². The summed E-state index contributed by atoms with van der Waals surface area (Å²) in [4.78, 5) is 30.2. The number of nitrogens with zero attached hydrogens (tertiary/aromatic N) is 5. The summed E-state index contributed by atoms with van der Waals surface area (Å²) in [6.45, 7) is 3.50. The minimum Gasteiger partial charge on any atom is -0.315 e. The normalized spacial score (nSPS) is 11.2. The van der Waals surface area contributed by atoms with Crippen molar-refractivity contribution in [1.82, 2.24) is 24.5 Å². The molecule has 28 heavy (non-hydrogen) atoms. The number of pyridine rings is 1. The molecule has 0 amide bonds. The Morgan fingerprint density at radius 2 is 1.75 bits per heavy atom. The summed E-state index contributed by atoms with van der Waals surface area (Å²) in [5.41, 5.74) is 2.20. The number of rotatable bonds is 2. The van der Waals surface area contributed by atoms with Gasteiger partial charge in [0.1, 0.15) is 17.2 Å². The largest absolute Gasteiger partial charge is 0.315 e. The molecule has 1 aromatic carbocycles. The molecule has 8 heteroatoms. The standard InChI is InChI=1S/C20H15F2N5O/c1-10-8-23-16-9-24-19(26-18(16)25-10)17-14(6-11(2)27(3)20(17)28)13-5-4-12(21)7-15(13)22/h4-9H,1-3H3. The van der Waals surface area contributed by atoms with Crippen LogP contribution in [0, 0.1) is 25.5 Å². The van der Waals surface area contributed by atoms with Gasteiger partial charge in [0.05, 0.1) is 17.5 Å². The second-order valence-corrected chi connectivity index (χ2v) is 6.48. The molecule has 6 nitrogen and oxygen atoms in total. The monoisotopic (exact) mass is 379 g/mol. The van der Waals surface area contributed by atoms with Crippen molar-refractivity contribution in [2.45, 2.75) is 13.8 Å². The van der Waals surface area contributed by atoms with Crippen LogP contribution in [0.2, 0.25) is 0 Å². The van der Waals surface area contributed by atoms with Crippen LogP contribution < -0.4 is 5.56 Å². The first-order valence-electron chi connectivity index (χ1n) is 8.48. The molecule has 140 valence electrons. The fourth-order valence-electron chi connectivity index (χ4n) is 2.98. The quantitative estimate of drug-likeness (QED) is 0.534. The van der Waals surface area contributed by atoms with E-state index in [9.17, 15) is 13.6 Å². The van der Waals surface area contributed by atoms with Crippen LogP contribution in [0.4, 0.5) is 8.78 Å². The lowest BCUT2D eigenvalue weighted by atomic mass is 9.99. The highest BCUT2D eigenvalue weighted by Gasteiger charge is 2.20. The van der Waals surface area contributed by atoms with Crippen LogP contribution in [-0.4, -0.2) is 24.5 Å². The van der Waals surface area contributed by atoms with Gasteiger partial charge in [0.25, 0.3) is 5.56 Å². The minimum atomic E-state index is -0.773. The van der Waals surface area contributed by atoms with Crippen molar-refractivity contribution in [3.63, 3.8) is 0 Å². The molecule has 0 N–H and O–H groups in total. The first kappa shape index (κ1) is 17.8. The van der Waals surface area contributed by atoms with Crippen molar-refractivity contribution in [2.75, 3.05) is 0 Å². The summed E-state index contributed by atoms with van der Waals surface area (Å²) < 4.78 is 29.3. The van der Waals surface area contributed by atoms with E-state index in [0.717, 1.165) is 12.1 Å². The Bertz CT molecular complexity index is 1300. The minimum absolute atomic E-state index is 0.0937. The van der Waals surface area contributed by atoms with E-state index in [2.05, 4.69) is 19.9 Å². The van der Waals surface area contributed by atoms with Crippen LogP contribution in [-0.2, 0) is 7.05 Å². The molecule has 0 aliphatic rings. The molecule has 3 heterocycles. The highest BCUT2D eigenvalue weighted by Crippen LogP contribution is 2.31. The van der Waals surface area contributed by atoms with Gasteiger partial charge in [-0.15, -0.1) is 0 Å². The highest BCUT2D eigenvalue weighted by molar-refractivity contribution is 5.82. The van der Waals surface area contributed by atoms with E-state index in [1.165, 1.54) is 16.8 Å². The van der Waals surface area contributed by atoms with E-state index in [0.29, 0.717) is 22.6 Å². The molecular weight excluding hydrogens is 364 g/mol. The molecule has 0 radical (unpaired) electrons. The van der Waals surface area contributed by atoms with Gasteiger partial charge in [-0.2, -0.15) is 0 Å². The topological polar surface area (TPSA) is 73.6 Å². The van der Waals surface area contributed by atoms with E-state index >= 15 is 0 Å². The van der Waals surface area contributed by atoms with E-state index in [1.54, 1.807) is 33.2 Å². The van der Waals surface area contributed by atoms with Crippen molar-refractivity contribution >= 4 is 11.2 Å². The lowest BCUT2D eigenvalue weighted by molar-refractivity contribution is 0.585. The Morgan fingerprint density at radius 3 is 2.50 bits per heavy atom. The first-order valence-corrected chi connectivity index (χ1v) is 8.48. The maximum absolute atomic E-state index is 14.5. The molecule has 0 aliphatic heterocycles. The number of halogens is 2. The number of fused-ring (bicyclic) bond motifs is 1. The number of aromatic nitrogens is 5. The predicted molar refractivity (Wildman–Crippen MR) is 101 cm³/mol. The maximum Gasteiger partial charge on any atom is 0.262 e. The van der Waals surface area contributed by atoms with E-state index < -0.39 is 17.2 Å². The van der Waals surface area contributed by atoms with Crippen LogP contribution in [0.5, 0.6) is 0 Å². The average Bonchev–Trinajstić information content (AvgIpc) is 2.65. The summed E-state index contributed by atoms with van der Waals surface area (Å²) in [7, 11) is 1.61. The van der Waals surface area contributed by atoms with Crippen LogP contribution >= 0.6 is 0 Å². The fraction of sp³-hybridized carbons (Fsp3) is 0.150. The zero-order valence-electron chi connectivity index (χ0n) is 15.4. The number of hydrogen-bond acceptors (Lipinski definition) is 5. The van der Waals surface area contributed by atoms with Crippen molar-refractivity contribution in [1.29, 1.82) is 0 Å². The number of aryl methyl sites for hydroxylation is 2.